The highest BCUT2D eigenvalue weighted by molar-refractivity contribution is 7.33. The van der Waals surface area contributed by atoms with Gasteiger partial charge in [-0.3, -0.25) is 13.6 Å². The fraction of sp³-hybridized carbons (Fsp3) is 0.333. The molecule has 0 atom stereocenters. The van der Waals surface area contributed by atoms with Crippen molar-refractivity contribution in [2.24, 2.45) is 0 Å². The Morgan fingerprint density at radius 2 is 1.00 bits per heavy atom. The Kier molecular flexibility index (Phi) is 6.17. The van der Waals surface area contributed by atoms with Crippen LogP contribution in [0.15, 0.2) is 48.5 Å². The molecule has 3 nitrogen and oxygen atoms in total. The van der Waals surface area contributed by atoms with Crippen LogP contribution in [0.2, 0.25) is 10.0 Å². The van der Waals surface area contributed by atoms with Crippen LogP contribution in [0.25, 0.3) is 0 Å². The predicted molar refractivity (Wildman–Crippen MR) is 100 cm³/mol. The van der Waals surface area contributed by atoms with E-state index in [0.717, 1.165) is 11.1 Å². The Balaban J connectivity index is 2.08. The summed E-state index contributed by atoms with van der Waals surface area (Å²) in [6.07, 6.45) is 0. The van der Waals surface area contributed by atoms with E-state index in [4.69, 9.17) is 32.2 Å². The average Bonchev–Trinajstić information content (AvgIpc) is 2.46. The van der Waals surface area contributed by atoms with Crippen LogP contribution in [0.3, 0.4) is 0 Å². The van der Waals surface area contributed by atoms with Gasteiger partial charge in [0.2, 0.25) is 0 Å². The lowest BCUT2D eigenvalue weighted by molar-refractivity contribution is 0.0422. The molecule has 0 amide bonds. The first-order valence-electron chi connectivity index (χ1n) is 7.54. The summed E-state index contributed by atoms with van der Waals surface area (Å²) in [5.74, 6) is 0. The molecule has 0 N–H and O–H groups in total. The fourth-order valence-corrected chi connectivity index (χ4v) is 3.62. The van der Waals surface area contributed by atoms with E-state index in [1.165, 1.54) is 0 Å². The third-order valence-electron chi connectivity index (χ3n) is 3.76. The van der Waals surface area contributed by atoms with Gasteiger partial charge in [-0.1, -0.05) is 47.5 Å². The van der Waals surface area contributed by atoms with E-state index in [0.29, 0.717) is 10.0 Å². The van der Waals surface area contributed by atoms with Crippen LogP contribution in [-0.4, -0.2) is 0 Å². The van der Waals surface area contributed by atoms with E-state index in [1.54, 1.807) is 24.3 Å². The molecule has 0 unspecified atom stereocenters. The van der Waals surface area contributed by atoms with Crippen LogP contribution in [0.5, 0.6) is 0 Å². The molecule has 2 aromatic rings. The number of rotatable bonds is 6. The van der Waals surface area contributed by atoms with Crippen LogP contribution in [-0.2, 0) is 24.8 Å². The molecule has 0 aromatic heterocycles. The van der Waals surface area contributed by atoms with Crippen molar-refractivity contribution in [3.8, 4) is 0 Å². The van der Waals surface area contributed by atoms with Gasteiger partial charge >= 0.3 is 8.25 Å². The summed E-state index contributed by atoms with van der Waals surface area (Å²) in [6, 6.07) is 14.5. The zero-order valence-electron chi connectivity index (χ0n) is 14.1. The smallest absolute Gasteiger partial charge is 0.300 e. The maximum Gasteiger partial charge on any atom is 0.320 e. The van der Waals surface area contributed by atoms with Crippen LogP contribution in [0, 0.1) is 0 Å². The Morgan fingerprint density at radius 1 is 0.708 bits per heavy atom. The molecule has 0 spiro atoms. The molecule has 0 aliphatic rings. The van der Waals surface area contributed by atoms with Crippen molar-refractivity contribution in [3.63, 3.8) is 0 Å². The molecular weight excluding hydrogens is 366 g/mol. The van der Waals surface area contributed by atoms with E-state index in [1.807, 2.05) is 52.0 Å². The lowest BCUT2D eigenvalue weighted by atomic mass is 9.99. The zero-order chi connectivity index (χ0) is 18.0. The Labute approximate surface area is 153 Å². The Morgan fingerprint density at radius 3 is 1.29 bits per heavy atom. The number of hydrogen-bond donors (Lipinski definition) is 0. The molecule has 130 valence electrons. The molecule has 0 radical (unpaired) electrons. The molecule has 2 rings (SSSR count). The van der Waals surface area contributed by atoms with Gasteiger partial charge in [0.15, 0.2) is 0 Å². The molecule has 0 aliphatic carbocycles. The minimum atomic E-state index is -2.73. The first-order chi connectivity index (χ1) is 11.1. The van der Waals surface area contributed by atoms with Crippen molar-refractivity contribution >= 4 is 31.5 Å². The van der Waals surface area contributed by atoms with Gasteiger partial charge in [0.25, 0.3) is 0 Å². The standard InChI is InChI=1S/C18H21Cl2O3P/c1-17(2,13-5-9-15(19)10-6-13)22-24(21)23-18(3,4)14-7-11-16(20)12-8-14/h5-12,24H,1-4H3. The monoisotopic (exact) mass is 386 g/mol. The van der Waals surface area contributed by atoms with Crippen molar-refractivity contribution in [1.29, 1.82) is 0 Å². The summed E-state index contributed by atoms with van der Waals surface area (Å²) in [4.78, 5) is 0. The molecule has 0 aliphatic heterocycles. The van der Waals surface area contributed by atoms with E-state index < -0.39 is 19.5 Å². The molecule has 2 aromatic carbocycles. The van der Waals surface area contributed by atoms with Crippen LogP contribution < -0.4 is 0 Å². The zero-order valence-corrected chi connectivity index (χ0v) is 16.6. The number of hydrogen-bond acceptors (Lipinski definition) is 3. The molecule has 6 heteroatoms. The third kappa shape index (κ3) is 5.08. The van der Waals surface area contributed by atoms with Crippen molar-refractivity contribution < 1.29 is 13.6 Å². The second-order valence-electron chi connectivity index (χ2n) is 6.49. The van der Waals surface area contributed by atoms with Gasteiger partial charge < -0.3 is 0 Å². The predicted octanol–water partition coefficient (Wildman–Crippen LogP) is 6.59. The van der Waals surface area contributed by atoms with E-state index in [2.05, 4.69) is 0 Å². The summed E-state index contributed by atoms with van der Waals surface area (Å²) in [6.45, 7) is 7.38. The van der Waals surface area contributed by atoms with Gasteiger partial charge in [0.05, 0.1) is 11.2 Å². The summed E-state index contributed by atoms with van der Waals surface area (Å²) < 4.78 is 23.8. The fourth-order valence-electron chi connectivity index (χ4n) is 2.26. The Bertz CT molecular complexity index is 649. The van der Waals surface area contributed by atoms with Gasteiger partial charge in [-0.15, -0.1) is 0 Å². The largest absolute Gasteiger partial charge is 0.320 e. The van der Waals surface area contributed by atoms with Crippen molar-refractivity contribution in [1.82, 2.24) is 0 Å². The topological polar surface area (TPSA) is 35.5 Å². The van der Waals surface area contributed by atoms with Gasteiger partial charge in [0, 0.05) is 10.0 Å². The van der Waals surface area contributed by atoms with Crippen LogP contribution in [0.1, 0.15) is 38.8 Å². The number of halogens is 2. The number of benzene rings is 2. The maximum absolute atomic E-state index is 12.4. The summed E-state index contributed by atoms with van der Waals surface area (Å²) in [5, 5.41) is 1.28. The van der Waals surface area contributed by atoms with Gasteiger partial charge in [-0.25, -0.2) is 0 Å². The summed E-state index contributed by atoms with van der Waals surface area (Å²) >= 11 is 11.8. The highest BCUT2D eigenvalue weighted by atomic mass is 35.5. The van der Waals surface area contributed by atoms with Crippen molar-refractivity contribution in [3.05, 3.63) is 69.7 Å². The first kappa shape index (κ1) is 19.5. The second kappa shape index (κ2) is 7.59. The van der Waals surface area contributed by atoms with Crippen molar-refractivity contribution in [2.75, 3.05) is 0 Å². The lowest BCUT2D eigenvalue weighted by Crippen LogP contribution is -2.22. The van der Waals surface area contributed by atoms with Gasteiger partial charge in [-0.2, -0.15) is 0 Å². The molecule has 0 heterocycles. The Hall–Kier alpha value is -0.830. The minimum Gasteiger partial charge on any atom is -0.300 e. The molecular formula is C18H21Cl2O3P. The van der Waals surface area contributed by atoms with E-state index in [9.17, 15) is 4.57 Å². The molecule has 0 bridgehead atoms. The average molecular weight is 387 g/mol. The van der Waals surface area contributed by atoms with E-state index >= 15 is 0 Å². The first-order valence-corrected chi connectivity index (χ1v) is 9.52. The molecule has 24 heavy (non-hydrogen) atoms. The van der Waals surface area contributed by atoms with Crippen LogP contribution >= 0.6 is 31.5 Å². The van der Waals surface area contributed by atoms with Gasteiger partial charge in [-0.05, 0) is 63.1 Å². The third-order valence-corrected chi connectivity index (χ3v) is 5.61. The summed E-state index contributed by atoms with van der Waals surface area (Å²) in [5.41, 5.74) is 0.240. The molecule has 0 fully saturated rings. The summed E-state index contributed by atoms with van der Waals surface area (Å²) in [7, 11) is -2.73. The SMILES string of the molecule is CC(C)(O[PH](=O)OC(C)(C)c1ccc(Cl)cc1)c1ccc(Cl)cc1. The van der Waals surface area contributed by atoms with E-state index in [-0.39, 0.29) is 0 Å². The lowest BCUT2D eigenvalue weighted by Gasteiger charge is -2.30. The highest BCUT2D eigenvalue weighted by Gasteiger charge is 2.29. The maximum atomic E-state index is 12.4. The normalized spacial score (nSPS) is 12.6. The molecule has 0 saturated carbocycles. The quantitative estimate of drug-likeness (QED) is 0.525. The van der Waals surface area contributed by atoms with Crippen molar-refractivity contribution in [2.45, 2.75) is 38.9 Å². The highest BCUT2D eigenvalue weighted by Crippen LogP contribution is 2.43. The molecule has 0 saturated heterocycles. The van der Waals surface area contributed by atoms with Gasteiger partial charge in [0.1, 0.15) is 0 Å². The minimum absolute atomic E-state index is 0.641. The second-order valence-corrected chi connectivity index (χ2v) is 8.27. The van der Waals surface area contributed by atoms with Crippen LogP contribution in [0.4, 0.5) is 0 Å².